The molecule has 11 unspecified atom stereocenters. The number of unbranched alkanes of at least 4 members (excludes halogenated alkanes) is 31. The number of aliphatic hydroxyl groups is 7. The Hall–Kier alpha value is -1.79. The standard InChI is InChI=1S/C62H114O14/c1-3-5-7-9-11-13-15-17-19-21-22-23-24-25-26-27-28-29-30-32-34-36-38-40-42-44-46-71-48-51(74-54(64)45-43-41-39-37-35-33-31-20-18-16-14-12-10-8-6-4-2)49-72-61-60(70)58(68)56(66)53(76-61)50-73-62-59(69)57(67)55(65)52(47-63)75-62/h15,17,21-22,24-25,51-53,55-63,65-70H,3-14,16,18-20,23,26-50H2,1-2H3/b17-15-,22-21-,25-24-. The van der Waals surface area contributed by atoms with E-state index in [0.29, 0.717) is 13.0 Å². The van der Waals surface area contributed by atoms with E-state index in [9.17, 15) is 40.5 Å². The quantitative estimate of drug-likeness (QED) is 0.0172. The van der Waals surface area contributed by atoms with E-state index in [1.807, 2.05) is 0 Å². The molecule has 0 radical (unpaired) electrons. The van der Waals surface area contributed by atoms with Crippen molar-refractivity contribution in [1.82, 2.24) is 0 Å². The minimum absolute atomic E-state index is 0.0629. The summed E-state index contributed by atoms with van der Waals surface area (Å²) in [6, 6.07) is 0. The fourth-order valence-electron chi connectivity index (χ4n) is 9.88. The van der Waals surface area contributed by atoms with Gasteiger partial charge in [-0.1, -0.05) is 230 Å². The van der Waals surface area contributed by atoms with Crippen LogP contribution in [-0.2, 0) is 33.2 Å². The van der Waals surface area contributed by atoms with Crippen molar-refractivity contribution in [3.8, 4) is 0 Å². The lowest BCUT2D eigenvalue weighted by Gasteiger charge is -2.42. The molecule has 76 heavy (non-hydrogen) atoms. The van der Waals surface area contributed by atoms with E-state index in [0.717, 1.165) is 51.4 Å². The van der Waals surface area contributed by atoms with Crippen LogP contribution in [0.3, 0.4) is 0 Å². The van der Waals surface area contributed by atoms with Crippen LogP contribution in [0.4, 0.5) is 0 Å². The number of aliphatic hydroxyl groups excluding tert-OH is 7. The minimum Gasteiger partial charge on any atom is -0.457 e. The van der Waals surface area contributed by atoms with Crippen LogP contribution in [0.1, 0.15) is 251 Å². The van der Waals surface area contributed by atoms with Crippen molar-refractivity contribution in [2.75, 3.05) is 33.0 Å². The maximum absolute atomic E-state index is 13.1. The Morgan fingerprint density at radius 2 is 0.816 bits per heavy atom. The van der Waals surface area contributed by atoms with Crippen LogP contribution in [0.15, 0.2) is 36.5 Å². The van der Waals surface area contributed by atoms with E-state index in [4.69, 9.17) is 28.4 Å². The highest BCUT2D eigenvalue weighted by molar-refractivity contribution is 5.69. The van der Waals surface area contributed by atoms with Gasteiger partial charge in [0, 0.05) is 13.0 Å². The van der Waals surface area contributed by atoms with Gasteiger partial charge in [-0.25, -0.2) is 0 Å². The summed E-state index contributed by atoms with van der Waals surface area (Å²) in [6.45, 7) is 3.71. The fraction of sp³-hybridized carbons (Fsp3) is 0.887. The molecular formula is C62H114O14. The average Bonchev–Trinajstić information content (AvgIpc) is 3.42. The van der Waals surface area contributed by atoms with E-state index in [-0.39, 0.29) is 25.6 Å². The molecule has 0 aromatic rings. The summed E-state index contributed by atoms with van der Waals surface area (Å²) in [7, 11) is 0. The number of allylic oxidation sites excluding steroid dienone is 6. The van der Waals surface area contributed by atoms with Crippen LogP contribution in [0, 0.1) is 0 Å². The van der Waals surface area contributed by atoms with Crippen molar-refractivity contribution in [1.29, 1.82) is 0 Å². The Kier molecular flexibility index (Phi) is 45.4. The monoisotopic (exact) mass is 1080 g/mol. The smallest absolute Gasteiger partial charge is 0.306 e. The molecule has 2 heterocycles. The first-order chi connectivity index (χ1) is 37.1. The Morgan fingerprint density at radius 1 is 0.434 bits per heavy atom. The highest BCUT2D eigenvalue weighted by Crippen LogP contribution is 2.27. The largest absolute Gasteiger partial charge is 0.457 e. The van der Waals surface area contributed by atoms with E-state index in [2.05, 4.69) is 50.3 Å². The van der Waals surface area contributed by atoms with Crippen LogP contribution in [0.25, 0.3) is 0 Å². The zero-order valence-electron chi connectivity index (χ0n) is 48.0. The lowest BCUT2D eigenvalue weighted by molar-refractivity contribution is -0.332. The van der Waals surface area contributed by atoms with Crippen LogP contribution >= 0.6 is 0 Å². The van der Waals surface area contributed by atoms with E-state index >= 15 is 0 Å². The van der Waals surface area contributed by atoms with E-state index in [1.54, 1.807) is 0 Å². The summed E-state index contributed by atoms with van der Waals surface area (Å²) < 4.78 is 34.4. The Morgan fingerprint density at radius 3 is 1.28 bits per heavy atom. The lowest BCUT2D eigenvalue weighted by Crippen LogP contribution is -2.61. The van der Waals surface area contributed by atoms with E-state index < -0.39 is 80.7 Å². The van der Waals surface area contributed by atoms with Crippen molar-refractivity contribution in [3.63, 3.8) is 0 Å². The number of carbonyl (C=O) groups excluding carboxylic acids is 1. The zero-order valence-corrected chi connectivity index (χ0v) is 48.0. The molecule has 11 atom stereocenters. The maximum Gasteiger partial charge on any atom is 0.306 e. The van der Waals surface area contributed by atoms with Gasteiger partial charge in [-0.05, 0) is 51.4 Å². The summed E-state index contributed by atoms with van der Waals surface area (Å²) in [5.74, 6) is -0.373. The van der Waals surface area contributed by atoms with Crippen molar-refractivity contribution >= 4 is 5.97 Å². The predicted octanol–water partition coefficient (Wildman–Crippen LogP) is 11.7. The summed E-state index contributed by atoms with van der Waals surface area (Å²) in [4.78, 5) is 13.1. The lowest BCUT2D eigenvalue weighted by atomic mass is 9.98. The number of rotatable bonds is 51. The molecular weight excluding hydrogens is 969 g/mol. The SMILES string of the molecule is CCCCCCC/C=C\C/C=C\C/C=C\CCCCCCCCCCCCCOCC(COC1OC(COC2OC(CO)C(O)C(O)C2O)C(O)C(O)C1O)OC(=O)CCCCCCCCCCCCCCCCCC. The molecule has 2 saturated heterocycles. The molecule has 14 heteroatoms. The third-order valence-electron chi connectivity index (χ3n) is 14.9. The minimum atomic E-state index is -1.71. The van der Waals surface area contributed by atoms with Crippen molar-refractivity contribution in [2.24, 2.45) is 0 Å². The molecule has 0 spiro atoms. The topological polar surface area (TPSA) is 214 Å². The van der Waals surface area contributed by atoms with Crippen LogP contribution in [0.2, 0.25) is 0 Å². The fourth-order valence-corrected chi connectivity index (χ4v) is 9.88. The molecule has 0 saturated carbocycles. The molecule has 0 aromatic carbocycles. The first kappa shape index (κ1) is 70.3. The number of esters is 1. The van der Waals surface area contributed by atoms with Gasteiger partial charge in [0.1, 0.15) is 54.9 Å². The third-order valence-corrected chi connectivity index (χ3v) is 14.9. The molecule has 446 valence electrons. The highest BCUT2D eigenvalue weighted by Gasteiger charge is 2.47. The summed E-state index contributed by atoms with van der Waals surface area (Å²) in [5.41, 5.74) is 0. The molecule has 0 bridgehead atoms. The van der Waals surface area contributed by atoms with Gasteiger partial charge < -0.3 is 64.2 Å². The molecule has 0 aliphatic carbocycles. The van der Waals surface area contributed by atoms with Crippen LogP contribution < -0.4 is 0 Å². The molecule has 0 aromatic heterocycles. The van der Waals surface area contributed by atoms with Crippen LogP contribution in [-0.4, -0.2) is 142 Å². The Labute approximate surface area is 461 Å². The van der Waals surface area contributed by atoms with Gasteiger partial charge >= 0.3 is 5.97 Å². The molecule has 2 rings (SSSR count). The number of hydrogen-bond donors (Lipinski definition) is 7. The molecule has 2 aliphatic rings. The third kappa shape index (κ3) is 35.1. The first-order valence-electron chi connectivity index (χ1n) is 31.1. The summed E-state index contributed by atoms with van der Waals surface area (Å²) in [5, 5.41) is 72.4. The van der Waals surface area contributed by atoms with Crippen molar-refractivity contribution in [2.45, 2.75) is 319 Å². The first-order valence-corrected chi connectivity index (χ1v) is 31.1. The molecule has 14 nitrogen and oxygen atoms in total. The van der Waals surface area contributed by atoms with Gasteiger partial charge in [0.25, 0.3) is 0 Å². The zero-order chi connectivity index (χ0) is 55.1. The molecule has 0 amide bonds. The summed E-state index contributed by atoms with van der Waals surface area (Å²) >= 11 is 0. The Bertz CT molecular complexity index is 1400. The second-order valence-corrected chi connectivity index (χ2v) is 21.9. The maximum atomic E-state index is 13.1. The second kappa shape index (κ2) is 49.1. The van der Waals surface area contributed by atoms with Crippen molar-refractivity contribution < 1.29 is 69.0 Å². The molecule has 2 aliphatic heterocycles. The summed E-state index contributed by atoms with van der Waals surface area (Å²) in [6.07, 6.45) is 42.1. The average molecular weight is 1080 g/mol. The van der Waals surface area contributed by atoms with Gasteiger partial charge in [-0.15, -0.1) is 0 Å². The van der Waals surface area contributed by atoms with Crippen LogP contribution in [0.5, 0.6) is 0 Å². The van der Waals surface area contributed by atoms with Gasteiger partial charge in [0.05, 0.1) is 26.4 Å². The van der Waals surface area contributed by atoms with E-state index in [1.165, 1.54) is 173 Å². The predicted molar refractivity (Wildman–Crippen MR) is 303 cm³/mol. The number of carbonyl (C=O) groups is 1. The van der Waals surface area contributed by atoms with Gasteiger partial charge in [-0.3, -0.25) is 4.79 Å². The highest BCUT2D eigenvalue weighted by atomic mass is 16.7. The van der Waals surface area contributed by atoms with Crippen molar-refractivity contribution in [3.05, 3.63) is 36.5 Å². The van der Waals surface area contributed by atoms with Gasteiger partial charge in [-0.2, -0.15) is 0 Å². The number of hydrogen-bond acceptors (Lipinski definition) is 14. The van der Waals surface area contributed by atoms with Gasteiger partial charge in [0.15, 0.2) is 12.6 Å². The second-order valence-electron chi connectivity index (χ2n) is 21.9. The normalized spacial score (nSPS) is 24.6. The number of ether oxygens (including phenoxy) is 6. The molecule has 7 N–H and O–H groups in total. The Balaban J connectivity index is 1.67. The van der Waals surface area contributed by atoms with Gasteiger partial charge in [0.2, 0.25) is 0 Å². The molecule has 2 fully saturated rings.